The van der Waals surface area contributed by atoms with Crippen LogP contribution in [-0.2, 0) is 15.6 Å². The first-order chi connectivity index (χ1) is 10.1. The standard InChI is InChI=1S/C15H16N2O2S2/c1-20-12-4-8-14(9-5-12)21(19)13-6-2-11(3-7-13)17-15(18)10-16/h2-9H,10,16H2,1H3,(H,17,18). The van der Waals surface area contributed by atoms with Crippen molar-refractivity contribution in [3.05, 3.63) is 48.5 Å². The van der Waals surface area contributed by atoms with Gasteiger partial charge < -0.3 is 11.1 Å². The number of hydrogen-bond acceptors (Lipinski definition) is 4. The molecule has 21 heavy (non-hydrogen) atoms. The third-order valence-electron chi connectivity index (χ3n) is 2.81. The van der Waals surface area contributed by atoms with Crippen LogP contribution in [0.3, 0.4) is 0 Å². The lowest BCUT2D eigenvalue weighted by Gasteiger charge is -2.06. The maximum Gasteiger partial charge on any atom is 0.238 e. The number of hydrogen-bond donors (Lipinski definition) is 2. The van der Waals surface area contributed by atoms with Gasteiger partial charge in [-0.3, -0.25) is 4.79 Å². The zero-order valence-electron chi connectivity index (χ0n) is 11.5. The van der Waals surface area contributed by atoms with E-state index >= 15 is 0 Å². The number of nitrogens with one attached hydrogen (secondary N) is 1. The van der Waals surface area contributed by atoms with Crippen LogP contribution in [-0.4, -0.2) is 22.9 Å². The normalized spacial score (nSPS) is 11.9. The number of nitrogens with two attached hydrogens (primary N) is 1. The van der Waals surface area contributed by atoms with Crippen molar-refractivity contribution >= 4 is 34.2 Å². The van der Waals surface area contributed by atoms with Gasteiger partial charge in [0.1, 0.15) is 0 Å². The number of carbonyl (C=O) groups excluding carboxylic acids is 1. The predicted octanol–water partition coefficient (Wildman–Crippen LogP) is 2.47. The molecule has 110 valence electrons. The van der Waals surface area contributed by atoms with E-state index in [9.17, 15) is 9.00 Å². The van der Waals surface area contributed by atoms with E-state index in [-0.39, 0.29) is 12.5 Å². The van der Waals surface area contributed by atoms with E-state index in [1.54, 1.807) is 36.0 Å². The van der Waals surface area contributed by atoms with Gasteiger partial charge in [0, 0.05) is 20.4 Å². The zero-order chi connectivity index (χ0) is 15.2. The van der Waals surface area contributed by atoms with Crippen molar-refractivity contribution in [2.45, 2.75) is 14.7 Å². The molecule has 0 saturated carbocycles. The average molecular weight is 320 g/mol. The number of rotatable bonds is 5. The van der Waals surface area contributed by atoms with Crippen LogP contribution in [0.5, 0.6) is 0 Å². The summed E-state index contributed by atoms with van der Waals surface area (Å²) < 4.78 is 12.4. The lowest BCUT2D eigenvalue weighted by Crippen LogP contribution is -2.21. The fraction of sp³-hybridized carbons (Fsp3) is 0.133. The van der Waals surface area contributed by atoms with Crippen molar-refractivity contribution in [2.75, 3.05) is 18.1 Å². The molecule has 3 N–H and O–H groups in total. The minimum Gasteiger partial charge on any atom is -0.325 e. The Bertz CT molecular complexity index is 640. The summed E-state index contributed by atoms with van der Waals surface area (Å²) in [4.78, 5) is 13.8. The van der Waals surface area contributed by atoms with Crippen LogP contribution in [0, 0.1) is 0 Å². The van der Waals surface area contributed by atoms with Gasteiger partial charge in [0.2, 0.25) is 5.91 Å². The van der Waals surface area contributed by atoms with E-state index < -0.39 is 10.8 Å². The molecule has 4 nitrogen and oxygen atoms in total. The third kappa shape index (κ3) is 4.17. The SMILES string of the molecule is CSc1ccc(S(=O)c2ccc(NC(=O)CN)cc2)cc1. The maximum atomic E-state index is 12.4. The molecule has 0 spiro atoms. The Kier molecular flexibility index (Phi) is 5.55. The minimum absolute atomic E-state index is 0.0600. The molecule has 0 aliphatic heterocycles. The molecular weight excluding hydrogens is 304 g/mol. The molecule has 1 amide bonds. The molecule has 1 atom stereocenters. The second-order valence-corrected chi connectivity index (χ2v) is 6.58. The Hall–Kier alpha value is -1.63. The number of amides is 1. The highest BCUT2D eigenvalue weighted by Gasteiger charge is 2.07. The topological polar surface area (TPSA) is 72.2 Å². The molecule has 0 heterocycles. The largest absolute Gasteiger partial charge is 0.325 e. The molecule has 0 bridgehead atoms. The van der Waals surface area contributed by atoms with Crippen LogP contribution < -0.4 is 11.1 Å². The molecule has 0 aromatic heterocycles. The van der Waals surface area contributed by atoms with E-state index in [4.69, 9.17) is 5.73 Å². The molecule has 0 aliphatic rings. The highest BCUT2D eigenvalue weighted by atomic mass is 32.2. The summed E-state index contributed by atoms with van der Waals surface area (Å²) in [5.41, 5.74) is 5.88. The lowest BCUT2D eigenvalue weighted by molar-refractivity contribution is -0.114. The second-order valence-electron chi connectivity index (χ2n) is 4.22. The Morgan fingerprint density at radius 3 is 2.10 bits per heavy atom. The van der Waals surface area contributed by atoms with Gasteiger partial charge in [-0.1, -0.05) is 0 Å². The Balaban J connectivity index is 2.13. The Morgan fingerprint density at radius 2 is 1.62 bits per heavy atom. The fourth-order valence-corrected chi connectivity index (χ4v) is 3.16. The summed E-state index contributed by atoms with van der Waals surface area (Å²) in [6.45, 7) is -0.0600. The second kappa shape index (κ2) is 7.40. The summed E-state index contributed by atoms with van der Waals surface area (Å²) in [5.74, 6) is -0.253. The first-order valence-corrected chi connectivity index (χ1v) is 8.67. The van der Waals surface area contributed by atoms with Crippen molar-refractivity contribution in [1.29, 1.82) is 0 Å². The molecule has 0 fully saturated rings. The summed E-state index contributed by atoms with van der Waals surface area (Å²) >= 11 is 1.65. The number of thioether (sulfide) groups is 1. The molecule has 0 radical (unpaired) electrons. The number of benzene rings is 2. The average Bonchev–Trinajstić information content (AvgIpc) is 2.55. The van der Waals surface area contributed by atoms with Crippen LogP contribution >= 0.6 is 11.8 Å². The monoisotopic (exact) mass is 320 g/mol. The molecular formula is C15H16N2O2S2. The summed E-state index contributed by atoms with van der Waals surface area (Å²) in [7, 11) is -1.23. The van der Waals surface area contributed by atoms with Gasteiger partial charge in [0.15, 0.2) is 0 Å². The molecule has 0 aliphatic carbocycles. The Labute approximate surface area is 130 Å². The van der Waals surface area contributed by atoms with Gasteiger partial charge in [-0.15, -0.1) is 11.8 Å². The van der Waals surface area contributed by atoms with Crippen LogP contribution in [0.25, 0.3) is 0 Å². The third-order valence-corrected chi connectivity index (χ3v) is 4.96. The van der Waals surface area contributed by atoms with Gasteiger partial charge >= 0.3 is 0 Å². The van der Waals surface area contributed by atoms with Crippen molar-refractivity contribution < 1.29 is 9.00 Å². The van der Waals surface area contributed by atoms with Gasteiger partial charge in [0.05, 0.1) is 17.3 Å². The van der Waals surface area contributed by atoms with E-state index in [0.717, 1.165) is 9.79 Å². The van der Waals surface area contributed by atoms with E-state index in [1.807, 2.05) is 30.5 Å². The van der Waals surface area contributed by atoms with Gasteiger partial charge in [-0.2, -0.15) is 0 Å². The van der Waals surface area contributed by atoms with Gasteiger partial charge in [-0.05, 0) is 54.8 Å². The predicted molar refractivity (Wildman–Crippen MR) is 87.0 cm³/mol. The Morgan fingerprint density at radius 1 is 1.10 bits per heavy atom. The van der Waals surface area contributed by atoms with E-state index in [2.05, 4.69) is 5.32 Å². The summed E-state index contributed by atoms with van der Waals surface area (Å²) in [6.07, 6.45) is 2.00. The van der Waals surface area contributed by atoms with Crippen molar-refractivity contribution in [3.63, 3.8) is 0 Å². The van der Waals surface area contributed by atoms with E-state index in [0.29, 0.717) is 10.6 Å². The molecule has 2 aromatic carbocycles. The molecule has 6 heteroatoms. The van der Waals surface area contributed by atoms with Crippen LogP contribution in [0.15, 0.2) is 63.2 Å². The highest BCUT2D eigenvalue weighted by molar-refractivity contribution is 7.98. The van der Waals surface area contributed by atoms with Crippen LogP contribution in [0.4, 0.5) is 5.69 Å². The summed E-state index contributed by atoms with van der Waals surface area (Å²) in [5, 5.41) is 2.65. The number of anilines is 1. The molecule has 2 aromatic rings. The van der Waals surface area contributed by atoms with Gasteiger partial charge in [-0.25, -0.2) is 4.21 Å². The first kappa shape index (κ1) is 15.8. The summed E-state index contributed by atoms with van der Waals surface area (Å²) in [6, 6.07) is 14.6. The molecule has 2 rings (SSSR count). The lowest BCUT2D eigenvalue weighted by atomic mass is 10.3. The van der Waals surface area contributed by atoms with Crippen molar-refractivity contribution in [2.24, 2.45) is 5.73 Å². The first-order valence-electron chi connectivity index (χ1n) is 6.30. The molecule has 0 saturated heterocycles. The van der Waals surface area contributed by atoms with Crippen molar-refractivity contribution in [3.8, 4) is 0 Å². The quantitative estimate of drug-likeness (QED) is 0.830. The van der Waals surface area contributed by atoms with E-state index in [1.165, 1.54) is 0 Å². The molecule has 1 unspecified atom stereocenters. The smallest absolute Gasteiger partial charge is 0.238 e. The highest BCUT2D eigenvalue weighted by Crippen LogP contribution is 2.21. The minimum atomic E-state index is -1.23. The maximum absolute atomic E-state index is 12.4. The fourth-order valence-electron chi connectivity index (χ4n) is 1.71. The van der Waals surface area contributed by atoms with Gasteiger partial charge in [0.25, 0.3) is 0 Å². The van der Waals surface area contributed by atoms with Crippen LogP contribution in [0.2, 0.25) is 0 Å². The van der Waals surface area contributed by atoms with Crippen LogP contribution in [0.1, 0.15) is 0 Å². The zero-order valence-corrected chi connectivity index (χ0v) is 13.2. The van der Waals surface area contributed by atoms with Crippen molar-refractivity contribution in [1.82, 2.24) is 0 Å². The number of carbonyl (C=O) groups is 1.